The molecule has 0 aliphatic rings. The molecule has 0 radical (unpaired) electrons. The highest BCUT2D eigenvalue weighted by Crippen LogP contribution is 2.22. The predicted octanol–water partition coefficient (Wildman–Crippen LogP) is 2.20. The number of carbonyl (C=O) groups is 1. The Morgan fingerprint density at radius 2 is 2.05 bits per heavy atom. The zero-order chi connectivity index (χ0) is 15.7. The third-order valence-corrected chi connectivity index (χ3v) is 3.89. The molecule has 6 heteroatoms. The fraction of sp³-hybridized carbons (Fsp3) is 0.250. The lowest BCUT2D eigenvalue weighted by Gasteiger charge is -2.23. The van der Waals surface area contributed by atoms with Gasteiger partial charge in [0.25, 0.3) is 5.91 Å². The molecule has 2 aromatic heterocycles. The third-order valence-electron chi connectivity index (χ3n) is 3.89. The van der Waals surface area contributed by atoms with Crippen molar-refractivity contribution in [2.45, 2.75) is 13.0 Å². The van der Waals surface area contributed by atoms with E-state index in [2.05, 4.69) is 15.1 Å². The van der Waals surface area contributed by atoms with E-state index in [1.54, 1.807) is 22.8 Å². The lowest BCUT2D eigenvalue weighted by molar-refractivity contribution is 0.0735. The Balaban J connectivity index is 1.96. The number of hydrogen-bond acceptors (Lipinski definition) is 4. The number of carbonyl (C=O) groups excluding carboxylic acids is 1. The quantitative estimate of drug-likeness (QED) is 0.743. The van der Waals surface area contributed by atoms with Gasteiger partial charge >= 0.3 is 0 Å². The lowest BCUT2D eigenvalue weighted by Crippen LogP contribution is -2.30. The molecule has 0 saturated heterocycles. The summed E-state index contributed by atoms with van der Waals surface area (Å²) in [4.78, 5) is 22.6. The molecule has 2 heterocycles. The monoisotopic (exact) mass is 295 g/mol. The topological polar surface area (TPSA) is 63.9 Å². The number of nitrogens with zero attached hydrogens (tertiary/aromatic N) is 5. The lowest BCUT2D eigenvalue weighted by atomic mass is 10.1. The summed E-state index contributed by atoms with van der Waals surface area (Å²) in [7, 11) is 3.60. The minimum absolute atomic E-state index is 0.122. The van der Waals surface area contributed by atoms with Crippen LogP contribution in [0.1, 0.15) is 29.1 Å². The minimum atomic E-state index is -0.156. The number of amides is 1. The van der Waals surface area contributed by atoms with E-state index in [1.807, 2.05) is 44.3 Å². The molecule has 0 aliphatic heterocycles. The van der Waals surface area contributed by atoms with Crippen LogP contribution in [0.5, 0.6) is 0 Å². The van der Waals surface area contributed by atoms with Crippen molar-refractivity contribution in [2.75, 3.05) is 7.05 Å². The number of para-hydroxylation sites is 1. The molecule has 0 N–H and O–H groups in total. The van der Waals surface area contributed by atoms with Crippen molar-refractivity contribution in [2.24, 2.45) is 7.05 Å². The van der Waals surface area contributed by atoms with Crippen molar-refractivity contribution in [1.82, 2.24) is 24.6 Å². The number of aryl methyl sites for hydroxylation is 1. The third kappa shape index (κ3) is 2.32. The second-order valence-electron chi connectivity index (χ2n) is 5.22. The number of aromatic nitrogens is 4. The summed E-state index contributed by atoms with van der Waals surface area (Å²) >= 11 is 0. The van der Waals surface area contributed by atoms with Crippen LogP contribution in [-0.2, 0) is 7.05 Å². The Labute approximate surface area is 128 Å². The molecular formula is C16H17N5O. The minimum Gasteiger partial charge on any atom is -0.332 e. The highest BCUT2D eigenvalue weighted by molar-refractivity contribution is 6.04. The summed E-state index contributed by atoms with van der Waals surface area (Å²) in [6, 6.07) is 9.37. The van der Waals surface area contributed by atoms with E-state index >= 15 is 0 Å². The average Bonchev–Trinajstić information content (AvgIpc) is 2.91. The summed E-state index contributed by atoms with van der Waals surface area (Å²) in [5.74, 6) is -0.122. The van der Waals surface area contributed by atoms with Crippen LogP contribution in [0.15, 0.2) is 42.9 Å². The average molecular weight is 295 g/mol. The van der Waals surface area contributed by atoms with E-state index in [4.69, 9.17) is 0 Å². The first-order valence-corrected chi connectivity index (χ1v) is 7.04. The van der Waals surface area contributed by atoms with E-state index < -0.39 is 0 Å². The molecule has 1 amide bonds. The van der Waals surface area contributed by atoms with Crippen LogP contribution in [-0.4, -0.2) is 37.6 Å². The van der Waals surface area contributed by atoms with Gasteiger partial charge in [-0.3, -0.25) is 9.48 Å². The fourth-order valence-corrected chi connectivity index (χ4v) is 2.46. The van der Waals surface area contributed by atoms with E-state index in [9.17, 15) is 4.79 Å². The number of fused-ring (bicyclic) bond motifs is 1. The zero-order valence-electron chi connectivity index (χ0n) is 12.8. The Morgan fingerprint density at radius 1 is 1.27 bits per heavy atom. The summed E-state index contributed by atoms with van der Waals surface area (Å²) in [6.45, 7) is 1.94. The summed E-state index contributed by atoms with van der Waals surface area (Å²) in [5.41, 5.74) is 2.20. The van der Waals surface area contributed by atoms with Crippen LogP contribution in [0.25, 0.3) is 10.9 Å². The molecule has 1 atom stereocenters. The first kappa shape index (κ1) is 14.2. The molecule has 1 unspecified atom stereocenters. The van der Waals surface area contributed by atoms with Crippen molar-refractivity contribution >= 4 is 16.8 Å². The van der Waals surface area contributed by atoms with E-state index in [0.29, 0.717) is 5.69 Å². The van der Waals surface area contributed by atoms with Gasteiger partial charge in [0, 0.05) is 25.7 Å². The molecule has 3 aromatic rings. The van der Waals surface area contributed by atoms with Gasteiger partial charge in [-0.1, -0.05) is 18.2 Å². The fourth-order valence-electron chi connectivity index (χ4n) is 2.46. The maximum Gasteiger partial charge on any atom is 0.275 e. The van der Waals surface area contributed by atoms with Gasteiger partial charge in [0.2, 0.25) is 0 Å². The molecule has 0 bridgehead atoms. The Hall–Kier alpha value is -2.76. The summed E-state index contributed by atoms with van der Waals surface area (Å²) < 4.78 is 1.73. The van der Waals surface area contributed by atoms with E-state index in [-0.39, 0.29) is 11.9 Å². The van der Waals surface area contributed by atoms with E-state index in [1.165, 1.54) is 6.33 Å². The summed E-state index contributed by atoms with van der Waals surface area (Å²) in [5, 5.41) is 5.24. The van der Waals surface area contributed by atoms with Gasteiger partial charge in [0.1, 0.15) is 6.33 Å². The van der Waals surface area contributed by atoms with Gasteiger partial charge in [-0.15, -0.1) is 0 Å². The normalized spacial score (nSPS) is 12.3. The standard InChI is InChI=1S/C16H17N5O/c1-11(13-8-9-17-10-18-13)20(2)16(22)15-12-6-4-5-7-14(12)21(3)19-15/h4-11H,1-3H3. The van der Waals surface area contributed by atoms with Crippen molar-refractivity contribution in [3.05, 3.63) is 54.2 Å². The van der Waals surface area contributed by atoms with Gasteiger partial charge < -0.3 is 4.90 Å². The van der Waals surface area contributed by atoms with Gasteiger partial charge in [-0.2, -0.15) is 5.10 Å². The Morgan fingerprint density at radius 3 is 2.77 bits per heavy atom. The van der Waals surface area contributed by atoms with Gasteiger partial charge in [0.05, 0.1) is 17.3 Å². The van der Waals surface area contributed by atoms with Gasteiger partial charge in [-0.05, 0) is 19.1 Å². The van der Waals surface area contributed by atoms with Crippen LogP contribution in [0.2, 0.25) is 0 Å². The van der Waals surface area contributed by atoms with Crippen molar-refractivity contribution < 1.29 is 4.79 Å². The van der Waals surface area contributed by atoms with Crippen molar-refractivity contribution in [3.8, 4) is 0 Å². The SMILES string of the molecule is CC(c1ccncn1)N(C)C(=O)c1nn(C)c2ccccc12. The maximum atomic E-state index is 12.8. The smallest absolute Gasteiger partial charge is 0.275 e. The van der Waals surface area contributed by atoms with Crippen LogP contribution in [0.3, 0.4) is 0 Å². The molecule has 1 aromatic carbocycles. The van der Waals surface area contributed by atoms with Gasteiger partial charge in [-0.25, -0.2) is 9.97 Å². The molecule has 3 rings (SSSR count). The Kier molecular flexibility index (Phi) is 3.58. The van der Waals surface area contributed by atoms with Crippen LogP contribution in [0.4, 0.5) is 0 Å². The van der Waals surface area contributed by atoms with Crippen LogP contribution in [0, 0.1) is 0 Å². The number of hydrogen-bond donors (Lipinski definition) is 0. The second kappa shape index (κ2) is 5.55. The highest BCUT2D eigenvalue weighted by Gasteiger charge is 2.24. The molecule has 0 fully saturated rings. The molecular weight excluding hydrogens is 278 g/mol. The zero-order valence-corrected chi connectivity index (χ0v) is 12.8. The van der Waals surface area contributed by atoms with Crippen molar-refractivity contribution in [1.29, 1.82) is 0 Å². The first-order chi connectivity index (χ1) is 10.6. The summed E-state index contributed by atoms with van der Waals surface area (Å²) in [6.07, 6.45) is 3.16. The molecule has 22 heavy (non-hydrogen) atoms. The van der Waals surface area contributed by atoms with Crippen LogP contribution < -0.4 is 0 Å². The van der Waals surface area contributed by atoms with Gasteiger partial charge in [0.15, 0.2) is 5.69 Å². The largest absolute Gasteiger partial charge is 0.332 e. The molecule has 0 saturated carbocycles. The molecule has 6 nitrogen and oxygen atoms in total. The highest BCUT2D eigenvalue weighted by atomic mass is 16.2. The van der Waals surface area contributed by atoms with E-state index in [0.717, 1.165) is 16.6 Å². The van der Waals surface area contributed by atoms with Crippen LogP contribution >= 0.6 is 0 Å². The Bertz CT molecular complexity index is 812. The molecule has 0 aliphatic carbocycles. The number of rotatable bonds is 3. The van der Waals surface area contributed by atoms with Crippen molar-refractivity contribution in [3.63, 3.8) is 0 Å². The number of benzene rings is 1. The molecule has 112 valence electrons. The maximum absolute atomic E-state index is 12.8. The first-order valence-electron chi connectivity index (χ1n) is 7.04. The predicted molar refractivity (Wildman–Crippen MR) is 83.3 cm³/mol. The molecule has 0 spiro atoms. The second-order valence-corrected chi connectivity index (χ2v) is 5.22.